The van der Waals surface area contributed by atoms with Crippen molar-refractivity contribution < 1.29 is 13.9 Å². The van der Waals surface area contributed by atoms with E-state index in [1.54, 1.807) is 19.2 Å². The van der Waals surface area contributed by atoms with Gasteiger partial charge in [0.05, 0.1) is 5.39 Å². The lowest BCUT2D eigenvalue weighted by Crippen LogP contribution is -2.53. The number of fused-ring (bicyclic) bond motifs is 1. The highest BCUT2D eigenvalue weighted by atomic mass is 19.1. The number of benzene rings is 1. The van der Waals surface area contributed by atoms with Crippen LogP contribution in [0.1, 0.15) is 25.0 Å². The highest BCUT2D eigenvalue weighted by molar-refractivity contribution is 5.93. The number of rotatable bonds is 2. The van der Waals surface area contributed by atoms with E-state index < -0.39 is 17.2 Å². The summed E-state index contributed by atoms with van der Waals surface area (Å²) in [5, 5.41) is 15.0. The van der Waals surface area contributed by atoms with Gasteiger partial charge in [-0.05, 0) is 35.7 Å². The first kappa shape index (κ1) is 18.1. The van der Waals surface area contributed by atoms with Gasteiger partial charge >= 0.3 is 0 Å². The van der Waals surface area contributed by atoms with Gasteiger partial charge < -0.3 is 15.4 Å². The lowest BCUT2D eigenvalue weighted by atomic mass is 9.69. The van der Waals surface area contributed by atoms with Crippen molar-refractivity contribution >= 4 is 11.0 Å². The Kier molecular flexibility index (Phi) is 4.28. The van der Waals surface area contributed by atoms with Gasteiger partial charge in [0.1, 0.15) is 17.1 Å². The summed E-state index contributed by atoms with van der Waals surface area (Å²) in [5.74, 6) is -1.14. The molecule has 142 valence electrons. The first-order valence-corrected chi connectivity index (χ1v) is 9.19. The zero-order valence-corrected chi connectivity index (χ0v) is 15.6. The van der Waals surface area contributed by atoms with Crippen LogP contribution in [0.5, 0.6) is 0 Å². The Balaban J connectivity index is 1.89. The molecule has 1 unspecified atom stereocenters. The van der Waals surface area contributed by atoms with Gasteiger partial charge in [0, 0.05) is 42.9 Å². The second-order valence-corrected chi connectivity index (χ2v) is 7.65. The largest absolute Gasteiger partial charge is 0.384 e. The number of nitrogens with zero attached hydrogens (tertiary/aromatic N) is 1. The SMILES string of the molecule is Cc1cc(-c2ccnc3[nH]cc(F)c23)cc(F)c1C1(O)[C@H](C)CNC[C@@H]1C. The van der Waals surface area contributed by atoms with Gasteiger partial charge in [0.2, 0.25) is 0 Å². The number of piperidine rings is 1. The summed E-state index contributed by atoms with van der Waals surface area (Å²) in [6.07, 6.45) is 2.82. The zero-order chi connectivity index (χ0) is 19.3. The molecule has 1 aliphatic rings. The van der Waals surface area contributed by atoms with E-state index in [9.17, 15) is 9.50 Å². The number of nitrogens with one attached hydrogen (secondary N) is 2. The molecule has 3 atom stereocenters. The molecule has 4 rings (SSSR count). The van der Waals surface area contributed by atoms with Gasteiger partial charge in [-0.25, -0.2) is 13.8 Å². The Morgan fingerprint density at radius 1 is 1.15 bits per heavy atom. The maximum absolute atomic E-state index is 15.3. The second kappa shape index (κ2) is 6.39. The molecule has 4 nitrogen and oxygen atoms in total. The molecule has 1 aliphatic heterocycles. The molecule has 0 aliphatic carbocycles. The quantitative estimate of drug-likeness (QED) is 0.641. The minimum Gasteiger partial charge on any atom is -0.384 e. The van der Waals surface area contributed by atoms with Crippen LogP contribution >= 0.6 is 0 Å². The first-order valence-electron chi connectivity index (χ1n) is 9.19. The van der Waals surface area contributed by atoms with Crippen LogP contribution in [-0.2, 0) is 5.60 Å². The maximum Gasteiger partial charge on any atom is 0.150 e. The fourth-order valence-corrected chi connectivity index (χ4v) is 4.47. The van der Waals surface area contributed by atoms with Crippen LogP contribution < -0.4 is 5.32 Å². The summed E-state index contributed by atoms with van der Waals surface area (Å²) in [6.45, 7) is 6.91. The molecular weight excluding hydrogens is 348 g/mol. The van der Waals surface area contributed by atoms with Crippen LogP contribution in [0.2, 0.25) is 0 Å². The van der Waals surface area contributed by atoms with E-state index in [1.807, 2.05) is 19.9 Å². The topological polar surface area (TPSA) is 60.9 Å². The molecule has 0 radical (unpaired) electrons. The smallest absolute Gasteiger partial charge is 0.150 e. The van der Waals surface area contributed by atoms with Crippen LogP contribution in [0.15, 0.2) is 30.6 Å². The van der Waals surface area contributed by atoms with E-state index in [4.69, 9.17) is 0 Å². The summed E-state index contributed by atoms with van der Waals surface area (Å²) in [6, 6.07) is 4.89. The molecule has 0 amide bonds. The second-order valence-electron chi connectivity index (χ2n) is 7.65. The average molecular weight is 371 g/mol. The maximum atomic E-state index is 15.3. The predicted octanol–water partition coefficient (Wildman–Crippen LogP) is 3.88. The van der Waals surface area contributed by atoms with Crippen LogP contribution in [0.4, 0.5) is 8.78 Å². The first-order chi connectivity index (χ1) is 12.8. The third-order valence-electron chi connectivity index (χ3n) is 5.93. The molecule has 3 heterocycles. The molecule has 1 aromatic carbocycles. The number of aryl methyl sites for hydroxylation is 1. The Labute approximate surface area is 156 Å². The fraction of sp³-hybridized carbons (Fsp3) is 0.381. The Hall–Kier alpha value is -2.31. The molecule has 6 heteroatoms. The summed E-state index contributed by atoms with van der Waals surface area (Å²) in [5.41, 5.74) is 1.32. The van der Waals surface area contributed by atoms with Crippen molar-refractivity contribution in [1.29, 1.82) is 0 Å². The van der Waals surface area contributed by atoms with Gasteiger partial charge in [-0.1, -0.05) is 19.9 Å². The monoisotopic (exact) mass is 371 g/mol. The van der Waals surface area contributed by atoms with Crippen LogP contribution in [0.3, 0.4) is 0 Å². The third-order valence-corrected chi connectivity index (χ3v) is 5.93. The summed E-state index contributed by atoms with van der Waals surface area (Å²) in [4.78, 5) is 6.90. The Morgan fingerprint density at radius 2 is 1.85 bits per heavy atom. The highest BCUT2D eigenvalue weighted by Gasteiger charge is 2.45. The molecule has 3 aromatic rings. The van der Waals surface area contributed by atoms with E-state index in [2.05, 4.69) is 15.3 Å². The van der Waals surface area contributed by atoms with Crippen molar-refractivity contribution in [2.75, 3.05) is 13.1 Å². The number of hydrogen-bond donors (Lipinski definition) is 3. The molecule has 27 heavy (non-hydrogen) atoms. The fourth-order valence-electron chi connectivity index (χ4n) is 4.47. The van der Waals surface area contributed by atoms with Gasteiger partial charge in [-0.15, -0.1) is 0 Å². The summed E-state index contributed by atoms with van der Waals surface area (Å²) >= 11 is 0. The van der Waals surface area contributed by atoms with E-state index >= 15 is 4.39 Å². The third kappa shape index (κ3) is 2.66. The van der Waals surface area contributed by atoms with Gasteiger partial charge in [0.15, 0.2) is 5.82 Å². The molecule has 2 aromatic heterocycles. The molecular formula is C21H23F2N3O. The number of pyridine rings is 1. The lowest BCUT2D eigenvalue weighted by molar-refractivity contribution is -0.0835. The van der Waals surface area contributed by atoms with E-state index in [-0.39, 0.29) is 11.8 Å². The molecule has 3 N–H and O–H groups in total. The number of hydrogen-bond acceptors (Lipinski definition) is 3. The number of halogens is 2. The summed E-state index contributed by atoms with van der Waals surface area (Å²) < 4.78 is 29.5. The number of H-pyrrole nitrogens is 1. The predicted molar refractivity (Wildman–Crippen MR) is 101 cm³/mol. The zero-order valence-electron chi connectivity index (χ0n) is 15.6. The van der Waals surface area contributed by atoms with Crippen molar-refractivity contribution in [3.05, 3.63) is 53.4 Å². The van der Waals surface area contributed by atoms with Crippen molar-refractivity contribution in [1.82, 2.24) is 15.3 Å². The Morgan fingerprint density at radius 3 is 2.52 bits per heavy atom. The average Bonchev–Trinajstić information content (AvgIpc) is 3.00. The molecule has 0 bridgehead atoms. The van der Waals surface area contributed by atoms with Gasteiger partial charge in [-0.3, -0.25) is 0 Å². The van der Waals surface area contributed by atoms with Gasteiger partial charge in [-0.2, -0.15) is 0 Å². The van der Waals surface area contributed by atoms with E-state index in [0.717, 1.165) is 0 Å². The van der Waals surface area contributed by atoms with Crippen molar-refractivity contribution in [2.24, 2.45) is 11.8 Å². The normalized spacial score (nSPS) is 25.9. The van der Waals surface area contributed by atoms with Crippen LogP contribution in [-0.4, -0.2) is 28.2 Å². The highest BCUT2D eigenvalue weighted by Crippen LogP contribution is 2.43. The van der Waals surface area contributed by atoms with E-state index in [1.165, 1.54) is 12.3 Å². The van der Waals surface area contributed by atoms with Crippen molar-refractivity contribution in [3.8, 4) is 11.1 Å². The minimum atomic E-state index is -1.25. The van der Waals surface area contributed by atoms with Crippen molar-refractivity contribution in [3.63, 3.8) is 0 Å². The summed E-state index contributed by atoms with van der Waals surface area (Å²) in [7, 11) is 0. The minimum absolute atomic E-state index is 0.130. The molecule has 0 saturated carbocycles. The number of aliphatic hydroxyl groups is 1. The van der Waals surface area contributed by atoms with Crippen molar-refractivity contribution in [2.45, 2.75) is 26.4 Å². The number of aromatic nitrogens is 2. The van der Waals surface area contributed by atoms with E-state index in [0.29, 0.717) is 46.4 Å². The Bertz CT molecular complexity index is 981. The molecule has 1 saturated heterocycles. The molecule has 0 spiro atoms. The van der Waals surface area contributed by atoms with Gasteiger partial charge in [0.25, 0.3) is 0 Å². The van der Waals surface area contributed by atoms with Crippen LogP contribution in [0, 0.1) is 30.4 Å². The molecule has 1 fully saturated rings. The lowest BCUT2D eigenvalue weighted by Gasteiger charge is -2.45. The van der Waals surface area contributed by atoms with Crippen LogP contribution in [0.25, 0.3) is 22.2 Å². The number of aromatic amines is 1. The standard InChI is InChI=1S/C21H23F2N3O/c1-11-6-14(15-4-5-25-20-18(15)17(23)10-26-20)7-16(22)19(11)21(27)12(2)8-24-9-13(21)3/h4-7,10,12-13,24,27H,8-9H2,1-3H3,(H,25,26)/t12-,13+,21?.